The standard InChI is InChI=1S/C24H28F2N4O5S.C23H25F3N4O5S.2H2/c1-13(23(3,4)32)30-19-8-15(22(31)28-24(5)11-36(33,34)12-24)10-27-21(19)20(29-30)17-9-16(35-14(2)25)6-7-18(17)26;1-12(22(2,3)32)30-17-7-13(20(31)28-23(4)10-36(33,34)11-23)9-27-19(17)18(29-30)15-8-14(35-21(25)26)5-6-16(15)24;;/h6-10,13-14,32H,11-12H2,1-5H3,(H,28,31);5-9,12,21,32H,10-11H2,1-4H3,(H,28,31);2*1H/t13-,14?;12-;;/m01../s1. The Morgan fingerprint density at radius 3 is 1.35 bits per heavy atom. The van der Waals surface area contributed by atoms with E-state index >= 15 is 0 Å². The second-order valence-corrected chi connectivity index (χ2v) is 24.0. The number of ether oxygens (including phenoxy) is 2. The predicted octanol–water partition coefficient (Wildman–Crippen LogP) is 6.76. The van der Waals surface area contributed by atoms with Crippen molar-refractivity contribution in [2.75, 3.05) is 23.0 Å². The predicted molar refractivity (Wildman–Crippen MR) is 259 cm³/mol. The third kappa shape index (κ3) is 11.5. The number of benzene rings is 2. The molecule has 2 fully saturated rings. The number of aromatic nitrogens is 6. The molecule has 2 aliphatic rings. The topological polar surface area (TPSA) is 247 Å². The maximum absolute atomic E-state index is 14.9. The van der Waals surface area contributed by atoms with Crippen LogP contribution in [0.15, 0.2) is 60.9 Å². The van der Waals surface area contributed by atoms with Gasteiger partial charge in [0.15, 0.2) is 19.7 Å². The Kier molecular flexibility index (Phi) is 14.1. The second kappa shape index (κ2) is 18.9. The van der Waals surface area contributed by atoms with Crippen LogP contribution in [-0.4, -0.2) is 127 Å². The summed E-state index contributed by atoms with van der Waals surface area (Å²) in [7, 11) is -6.36. The lowest BCUT2D eigenvalue weighted by molar-refractivity contribution is -0.0498. The van der Waals surface area contributed by atoms with E-state index in [0.717, 1.165) is 24.3 Å². The number of carbonyl (C=O) groups is 2. The lowest BCUT2D eigenvalue weighted by Crippen LogP contribution is -2.63. The molecular formula is C47H57F5N8O10S2. The van der Waals surface area contributed by atoms with Crippen LogP contribution in [0.1, 0.15) is 98.0 Å². The summed E-state index contributed by atoms with van der Waals surface area (Å²) in [6, 6.07) is 8.50. The molecule has 392 valence electrons. The normalized spacial score (nSPS) is 18.0. The first-order valence-electron chi connectivity index (χ1n) is 22.3. The lowest BCUT2D eigenvalue weighted by atomic mass is 10.0. The first kappa shape index (κ1) is 53.5. The second-order valence-electron chi connectivity index (χ2n) is 19.8. The van der Waals surface area contributed by atoms with Gasteiger partial charge in [0.2, 0.25) is 6.36 Å². The Bertz CT molecular complexity index is 3110. The minimum absolute atomic E-state index is 0. The summed E-state index contributed by atoms with van der Waals surface area (Å²) in [5.74, 6) is -3.36. The zero-order chi connectivity index (χ0) is 53.3. The Labute approximate surface area is 413 Å². The molecular weight excluding hydrogens is 996 g/mol. The van der Waals surface area contributed by atoms with Gasteiger partial charge in [0.25, 0.3) is 11.8 Å². The number of halogens is 5. The number of carbonyl (C=O) groups excluding carboxylic acids is 2. The summed E-state index contributed by atoms with van der Waals surface area (Å²) in [5, 5.41) is 35.6. The molecule has 2 aromatic carbocycles. The fourth-order valence-electron chi connectivity index (χ4n) is 8.34. The van der Waals surface area contributed by atoms with Crippen molar-refractivity contribution in [3.05, 3.63) is 83.7 Å². The highest BCUT2D eigenvalue weighted by atomic mass is 32.2. The fourth-order valence-corrected chi connectivity index (χ4v) is 12.3. The van der Waals surface area contributed by atoms with Gasteiger partial charge in [-0.15, -0.1) is 0 Å². The first-order chi connectivity index (χ1) is 33.2. The van der Waals surface area contributed by atoms with Crippen LogP contribution >= 0.6 is 0 Å². The van der Waals surface area contributed by atoms with Crippen LogP contribution in [0.3, 0.4) is 0 Å². The number of pyridine rings is 2. The van der Waals surface area contributed by atoms with Gasteiger partial charge in [-0.05, 0) is 104 Å². The molecule has 0 bridgehead atoms. The molecule has 4 N–H and O–H groups in total. The Morgan fingerprint density at radius 1 is 0.667 bits per heavy atom. The number of rotatable bonds is 14. The van der Waals surface area contributed by atoms with Crippen LogP contribution in [0.2, 0.25) is 0 Å². The molecule has 18 nitrogen and oxygen atoms in total. The smallest absolute Gasteiger partial charge is 0.387 e. The van der Waals surface area contributed by atoms with Gasteiger partial charge in [0.05, 0.1) is 79.5 Å². The van der Waals surface area contributed by atoms with Crippen molar-refractivity contribution in [1.29, 1.82) is 0 Å². The van der Waals surface area contributed by atoms with Crippen molar-refractivity contribution in [3.8, 4) is 34.0 Å². The Balaban J connectivity index is 0.000000267. The molecule has 6 aromatic rings. The van der Waals surface area contributed by atoms with Crippen molar-refractivity contribution < 1.29 is 70.9 Å². The number of aliphatic hydroxyl groups is 2. The zero-order valence-corrected chi connectivity index (χ0v) is 42.1. The molecule has 2 amide bonds. The SMILES string of the molecule is CC(F)Oc1ccc(F)c(-c2nn([C@@H](C)C(C)(C)O)c3cc(C(=O)NC4(C)CS(=O)(=O)C4)cnc23)c1.C[C@@H](n1nc(-c2cc(OC(F)F)ccc2F)c2ncc(C(=O)NC3(C)CS(=O)(=O)C3)cc21)C(C)(C)O.[HH].[HH]. The minimum atomic E-state index is -3.19. The molecule has 8 rings (SSSR count). The number of amides is 2. The number of fused-ring (bicyclic) bond motifs is 2. The van der Waals surface area contributed by atoms with E-state index in [1.807, 2.05) is 0 Å². The molecule has 25 heteroatoms. The maximum atomic E-state index is 14.9. The third-order valence-corrected chi connectivity index (χ3v) is 16.6. The minimum Gasteiger partial charge on any atom is -0.461 e. The average molecular weight is 1050 g/mol. The number of nitrogens with zero attached hydrogens (tertiary/aromatic N) is 6. The molecule has 0 aliphatic carbocycles. The van der Waals surface area contributed by atoms with E-state index in [2.05, 4.69) is 35.5 Å². The van der Waals surface area contributed by atoms with E-state index < -0.39 is 90.5 Å². The van der Waals surface area contributed by atoms with Crippen LogP contribution in [0.4, 0.5) is 22.0 Å². The number of alkyl halides is 3. The van der Waals surface area contributed by atoms with Crippen molar-refractivity contribution in [3.63, 3.8) is 0 Å². The van der Waals surface area contributed by atoms with Gasteiger partial charge in [0.1, 0.15) is 45.6 Å². The third-order valence-electron chi connectivity index (χ3n) is 12.3. The van der Waals surface area contributed by atoms with Crippen molar-refractivity contribution in [1.82, 2.24) is 40.2 Å². The van der Waals surface area contributed by atoms with E-state index in [4.69, 9.17) is 4.74 Å². The molecule has 1 unspecified atom stereocenters. The highest BCUT2D eigenvalue weighted by Crippen LogP contribution is 2.37. The summed E-state index contributed by atoms with van der Waals surface area (Å²) in [6.45, 7) is 11.0. The maximum Gasteiger partial charge on any atom is 0.387 e. The van der Waals surface area contributed by atoms with Gasteiger partial charge >= 0.3 is 6.61 Å². The van der Waals surface area contributed by atoms with Gasteiger partial charge < -0.3 is 30.3 Å². The summed E-state index contributed by atoms with van der Waals surface area (Å²) in [4.78, 5) is 34.5. The zero-order valence-electron chi connectivity index (χ0n) is 40.5. The molecule has 2 saturated heterocycles. The molecule has 72 heavy (non-hydrogen) atoms. The summed E-state index contributed by atoms with van der Waals surface area (Å²) in [6.07, 6.45) is 0.913. The molecule has 0 saturated carbocycles. The van der Waals surface area contributed by atoms with Gasteiger partial charge in [-0.2, -0.15) is 19.0 Å². The number of nitrogens with one attached hydrogen (secondary N) is 2. The molecule has 4 aromatic heterocycles. The summed E-state index contributed by atoms with van der Waals surface area (Å²) >= 11 is 0. The van der Waals surface area contributed by atoms with E-state index in [9.17, 15) is 58.6 Å². The number of hydrogen-bond donors (Lipinski definition) is 4. The molecule has 0 radical (unpaired) electrons. The molecule has 6 heterocycles. The van der Waals surface area contributed by atoms with Crippen LogP contribution in [-0.2, 0) is 19.7 Å². The van der Waals surface area contributed by atoms with E-state index in [0.29, 0.717) is 5.52 Å². The highest BCUT2D eigenvalue weighted by molar-refractivity contribution is 7.93. The Morgan fingerprint density at radius 2 is 1.03 bits per heavy atom. The van der Waals surface area contributed by atoms with Crippen molar-refractivity contribution >= 4 is 53.6 Å². The van der Waals surface area contributed by atoms with E-state index in [1.54, 1.807) is 55.4 Å². The summed E-state index contributed by atoms with van der Waals surface area (Å²) in [5.41, 5.74) is -3.06. The van der Waals surface area contributed by atoms with Gasteiger partial charge in [-0.1, -0.05) is 0 Å². The Hall–Kier alpha value is -6.31. The monoisotopic (exact) mass is 1050 g/mol. The molecule has 3 atom stereocenters. The highest BCUT2D eigenvalue weighted by Gasteiger charge is 2.47. The van der Waals surface area contributed by atoms with Crippen LogP contribution in [0, 0.1) is 11.6 Å². The van der Waals surface area contributed by atoms with Crippen LogP contribution < -0.4 is 20.1 Å². The lowest BCUT2D eigenvalue weighted by Gasteiger charge is -2.38. The van der Waals surface area contributed by atoms with E-state index in [1.165, 1.54) is 52.9 Å². The molecule has 0 spiro atoms. The largest absolute Gasteiger partial charge is 0.461 e. The quantitative estimate of drug-likeness (QED) is 0.0824. The summed E-state index contributed by atoms with van der Waals surface area (Å²) < 4.78 is 127. The van der Waals surface area contributed by atoms with Gasteiger partial charge in [0, 0.05) is 33.3 Å². The van der Waals surface area contributed by atoms with E-state index in [-0.39, 0.29) is 87.6 Å². The number of hydrogen-bond acceptors (Lipinski definition) is 14. The fraction of sp³-hybridized carbons (Fsp3) is 0.447. The van der Waals surface area contributed by atoms with Crippen LogP contribution in [0.5, 0.6) is 11.5 Å². The van der Waals surface area contributed by atoms with Crippen molar-refractivity contribution in [2.24, 2.45) is 0 Å². The van der Waals surface area contributed by atoms with Gasteiger partial charge in [-0.25, -0.2) is 30.0 Å². The average Bonchev–Trinajstić information content (AvgIpc) is 3.80. The van der Waals surface area contributed by atoms with Crippen molar-refractivity contribution in [2.45, 2.75) is 110 Å². The first-order valence-corrected chi connectivity index (χ1v) is 25.9. The number of sulfone groups is 2. The van der Waals surface area contributed by atoms with Crippen LogP contribution in [0.25, 0.3) is 44.6 Å². The molecule has 2 aliphatic heterocycles. The van der Waals surface area contributed by atoms with Gasteiger partial charge in [-0.3, -0.25) is 28.9 Å².